The molecule has 0 bridgehead atoms. The number of ether oxygens (including phenoxy) is 1. The van der Waals surface area contributed by atoms with Gasteiger partial charge in [0.1, 0.15) is 18.3 Å². The van der Waals surface area contributed by atoms with Crippen LogP contribution in [0.15, 0.2) is 16.9 Å². The minimum Gasteiger partial charge on any atom is -0.388 e. The van der Waals surface area contributed by atoms with E-state index in [0.29, 0.717) is 5.56 Å². The van der Waals surface area contributed by atoms with E-state index in [9.17, 15) is 19.6 Å². The van der Waals surface area contributed by atoms with Crippen molar-refractivity contribution in [3.63, 3.8) is 0 Å². The first-order valence-corrected chi connectivity index (χ1v) is 9.14. The molecule has 10 heteroatoms. The number of phosphoric ester groups is 1. The fourth-order valence-electron chi connectivity index (χ4n) is 2.78. The molecule has 0 radical (unpaired) electrons. The predicted molar refractivity (Wildman–Crippen MR) is 86.5 cm³/mol. The van der Waals surface area contributed by atoms with Gasteiger partial charge in [-0.1, -0.05) is 12.8 Å². The Labute approximate surface area is 143 Å². The standard InChI is InChI=1S/C15H20NO8P/c1-3-8(24-25(20,21)22)7-11-13(18)14(19)15(23-11)9-5-6-12(17)16-10(9)4-2/h2,5-6,8,11,13-15,18-19H,3,7H2,1H3,(H,16,17)(H2,20,21,22)/t8?,11-,13?,14?,15+/m1/s1. The van der Waals surface area contributed by atoms with Crippen molar-refractivity contribution in [1.29, 1.82) is 0 Å². The number of pyridine rings is 1. The van der Waals surface area contributed by atoms with Crippen LogP contribution in [0.5, 0.6) is 0 Å². The Balaban J connectivity index is 2.20. The summed E-state index contributed by atoms with van der Waals surface area (Å²) in [6.45, 7) is 1.66. The van der Waals surface area contributed by atoms with E-state index in [2.05, 4.69) is 15.4 Å². The van der Waals surface area contributed by atoms with Crippen molar-refractivity contribution < 1.29 is 33.8 Å². The van der Waals surface area contributed by atoms with E-state index in [0.717, 1.165) is 0 Å². The lowest BCUT2D eigenvalue weighted by atomic mass is 9.98. The molecule has 0 saturated carbocycles. The average Bonchev–Trinajstić information content (AvgIpc) is 2.81. The Hall–Kier alpha value is -1.50. The summed E-state index contributed by atoms with van der Waals surface area (Å²) in [5.41, 5.74) is 0.0467. The van der Waals surface area contributed by atoms with Gasteiger partial charge < -0.3 is 29.7 Å². The molecule has 1 aromatic heterocycles. The van der Waals surface area contributed by atoms with Gasteiger partial charge in [0.15, 0.2) is 0 Å². The summed E-state index contributed by atoms with van der Waals surface area (Å²) in [6, 6.07) is 2.62. The van der Waals surface area contributed by atoms with E-state index in [1.807, 2.05) is 0 Å². The fourth-order valence-corrected chi connectivity index (χ4v) is 3.40. The number of terminal acetylenes is 1. The normalized spacial score (nSPS) is 27.8. The molecule has 138 valence electrons. The Kier molecular flexibility index (Phi) is 6.19. The maximum absolute atomic E-state index is 11.3. The smallest absolute Gasteiger partial charge is 0.388 e. The van der Waals surface area contributed by atoms with Gasteiger partial charge in [0.2, 0.25) is 5.56 Å². The van der Waals surface area contributed by atoms with E-state index in [1.165, 1.54) is 12.1 Å². The Morgan fingerprint density at radius 2 is 2.08 bits per heavy atom. The highest BCUT2D eigenvalue weighted by atomic mass is 31.2. The molecule has 2 rings (SSSR count). The summed E-state index contributed by atoms with van der Waals surface area (Å²) in [7, 11) is -4.69. The van der Waals surface area contributed by atoms with Crippen molar-refractivity contribution in [1.82, 2.24) is 4.98 Å². The summed E-state index contributed by atoms with van der Waals surface area (Å²) < 4.78 is 21.3. The first-order chi connectivity index (χ1) is 11.7. The molecule has 1 aliphatic rings. The second-order valence-electron chi connectivity index (χ2n) is 5.74. The third kappa shape index (κ3) is 4.77. The van der Waals surface area contributed by atoms with Gasteiger partial charge in [0, 0.05) is 18.1 Å². The highest BCUT2D eigenvalue weighted by molar-refractivity contribution is 7.46. The molecule has 25 heavy (non-hydrogen) atoms. The lowest BCUT2D eigenvalue weighted by Crippen LogP contribution is -2.33. The number of nitrogens with one attached hydrogen (secondary N) is 1. The lowest BCUT2D eigenvalue weighted by Gasteiger charge is -2.22. The molecule has 5 atom stereocenters. The summed E-state index contributed by atoms with van der Waals surface area (Å²) in [5, 5.41) is 20.5. The topological polar surface area (TPSA) is 149 Å². The molecule has 0 aliphatic carbocycles. The fraction of sp³-hybridized carbons (Fsp3) is 0.533. The Morgan fingerprint density at radius 3 is 2.64 bits per heavy atom. The van der Waals surface area contributed by atoms with E-state index in [1.54, 1.807) is 6.92 Å². The van der Waals surface area contributed by atoms with Gasteiger partial charge in [-0.15, -0.1) is 6.42 Å². The van der Waals surface area contributed by atoms with Crippen molar-refractivity contribution in [2.75, 3.05) is 0 Å². The molecule has 1 aliphatic heterocycles. The van der Waals surface area contributed by atoms with Crippen LogP contribution < -0.4 is 5.56 Å². The summed E-state index contributed by atoms with van der Waals surface area (Å²) >= 11 is 0. The van der Waals surface area contributed by atoms with Crippen LogP contribution in [0.2, 0.25) is 0 Å². The van der Waals surface area contributed by atoms with Gasteiger partial charge in [-0.3, -0.25) is 9.32 Å². The van der Waals surface area contributed by atoms with Gasteiger partial charge in [0.05, 0.1) is 17.9 Å². The van der Waals surface area contributed by atoms with Crippen LogP contribution in [0.1, 0.15) is 37.1 Å². The molecule has 3 unspecified atom stereocenters. The number of hydrogen-bond acceptors (Lipinski definition) is 6. The molecule has 0 spiro atoms. The number of rotatable bonds is 6. The molecule has 0 amide bonds. The zero-order valence-electron chi connectivity index (χ0n) is 13.4. The zero-order valence-corrected chi connectivity index (χ0v) is 14.3. The van der Waals surface area contributed by atoms with Gasteiger partial charge in [-0.05, 0) is 12.5 Å². The van der Waals surface area contributed by atoms with Gasteiger partial charge in [0.25, 0.3) is 0 Å². The summed E-state index contributed by atoms with van der Waals surface area (Å²) in [6.07, 6.45) is 0.170. The number of phosphoric acid groups is 1. The van der Waals surface area contributed by atoms with E-state index in [4.69, 9.17) is 20.9 Å². The third-order valence-corrected chi connectivity index (χ3v) is 4.57. The zero-order chi connectivity index (χ0) is 18.8. The molecule has 1 aromatic rings. The number of aromatic nitrogens is 1. The molecule has 0 aromatic carbocycles. The monoisotopic (exact) mass is 373 g/mol. The van der Waals surface area contributed by atoms with Crippen LogP contribution in [-0.4, -0.2) is 49.4 Å². The minimum atomic E-state index is -4.69. The molecular weight excluding hydrogens is 353 g/mol. The van der Waals surface area contributed by atoms with E-state index >= 15 is 0 Å². The van der Waals surface area contributed by atoms with Crippen LogP contribution >= 0.6 is 7.82 Å². The van der Waals surface area contributed by atoms with E-state index in [-0.39, 0.29) is 18.5 Å². The largest absolute Gasteiger partial charge is 0.469 e. The number of aromatic amines is 1. The van der Waals surface area contributed by atoms with Crippen molar-refractivity contribution in [3.05, 3.63) is 33.7 Å². The number of aliphatic hydroxyl groups excluding tert-OH is 2. The third-order valence-electron chi connectivity index (χ3n) is 4.00. The average molecular weight is 373 g/mol. The van der Waals surface area contributed by atoms with Gasteiger partial charge in [-0.2, -0.15) is 0 Å². The SMILES string of the molecule is C#Cc1[nH]c(=O)ccc1[C@@H]1O[C@H](CC(CC)OP(=O)(O)O)C(O)C1O. The van der Waals surface area contributed by atoms with Crippen molar-refractivity contribution in [2.45, 2.75) is 50.3 Å². The maximum Gasteiger partial charge on any atom is 0.469 e. The highest BCUT2D eigenvalue weighted by Crippen LogP contribution is 2.41. The van der Waals surface area contributed by atoms with E-state index < -0.39 is 43.9 Å². The van der Waals surface area contributed by atoms with Gasteiger partial charge >= 0.3 is 7.82 Å². The Morgan fingerprint density at radius 1 is 1.40 bits per heavy atom. The van der Waals surface area contributed by atoms with Crippen molar-refractivity contribution >= 4 is 7.82 Å². The predicted octanol–water partition coefficient (Wildman–Crippen LogP) is -0.204. The molecule has 2 heterocycles. The van der Waals surface area contributed by atoms with Crippen molar-refractivity contribution in [3.8, 4) is 12.3 Å². The molecule has 1 saturated heterocycles. The molecule has 1 fully saturated rings. The lowest BCUT2D eigenvalue weighted by molar-refractivity contribution is -0.0208. The molecule has 9 nitrogen and oxygen atoms in total. The number of hydrogen-bond donors (Lipinski definition) is 5. The van der Waals surface area contributed by atoms with Gasteiger partial charge in [-0.25, -0.2) is 4.57 Å². The molecular formula is C15H20NO8P. The summed E-state index contributed by atoms with van der Waals surface area (Å²) in [5.74, 6) is 2.29. The number of aliphatic hydroxyl groups is 2. The maximum atomic E-state index is 11.3. The van der Waals surface area contributed by atoms with Crippen LogP contribution in [0.3, 0.4) is 0 Å². The summed E-state index contributed by atoms with van der Waals surface area (Å²) in [4.78, 5) is 31.6. The van der Waals surface area contributed by atoms with Crippen LogP contribution in [-0.2, 0) is 13.8 Å². The quantitative estimate of drug-likeness (QED) is 0.340. The van der Waals surface area contributed by atoms with Crippen molar-refractivity contribution in [2.24, 2.45) is 0 Å². The minimum absolute atomic E-state index is 0.0366. The number of H-pyrrole nitrogens is 1. The second-order valence-corrected chi connectivity index (χ2v) is 6.93. The van der Waals surface area contributed by atoms with Crippen LogP contribution in [0.25, 0.3) is 0 Å². The molecule has 5 N–H and O–H groups in total. The van der Waals surface area contributed by atoms with Crippen LogP contribution in [0.4, 0.5) is 0 Å². The second kappa shape index (κ2) is 7.81. The Bertz CT molecular complexity index is 751. The first kappa shape index (κ1) is 19.8. The van der Waals surface area contributed by atoms with Crippen LogP contribution in [0, 0.1) is 12.3 Å². The highest BCUT2D eigenvalue weighted by Gasteiger charge is 2.45. The first-order valence-electron chi connectivity index (χ1n) is 7.61.